The van der Waals surface area contributed by atoms with Gasteiger partial charge in [0.25, 0.3) is 0 Å². The normalized spacial score (nSPS) is 10.9. The molecule has 2 nitrogen and oxygen atoms in total. The largest absolute Gasteiger partial charge is 0.340 e. The minimum atomic E-state index is 0.400. The number of benzene rings is 2. The highest BCUT2D eigenvalue weighted by Crippen LogP contribution is 2.27. The molecule has 1 heterocycles. The lowest BCUT2D eigenvalue weighted by Crippen LogP contribution is -2.00. The monoisotopic (exact) mass is 262 g/mol. The van der Waals surface area contributed by atoms with Gasteiger partial charge in [-0.1, -0.05) is 56.3 Å². The lowest BCUT2D eigenvalue weighted by atomic mass is 10.0. The molecule has 2 heteroatoms. The highest BCUT2D eigenvalue weighted by molar-refractivity contribution is 5.87. The van der Waals surface area contributed by atoms with Crippen LogP contribution in [-0.4, -0.2) is 4.98 Å². The predicted octanol–water partition coefficient (Wildman–Crippen LogP) is 5.10. The van der Waals surface area contributed by atoms with Gasteiger partial charge in [-0.05, 0) is 29.5 Å². The second kappa shape index (κ2) is 5.33. The predicted molar refractivity (Wildman–Crippen MR) is 85.6 cm³/mol. The summed E-state index contributed by atoms with van der Waals surface area (Å²) in [6.07, 6.45) is 0. The van der Waals surface area contributed by atoms with Crippen LogP contribution < -0.4 is 5.32 Å². The fourth-order valence-corrected chi connectivity index (χ4v) is 2.40. The van der Waals surface area contributed by atoms with E-state index in [0.717, 1.165) is 17.2 Å². The third kappa shape index (κ3) is 2.50. The standard InChI is InChI=1S/C18H18N2/c1-13(2)18-16-11-7-6-8-14(16)12-17(20-18)19-15-9-4-3-5-10-15/h3-13H,1-2H3,(H,19,20). The zero-order valence-corrected chi connectivity index (χ0v) is 11.8. The van der Waals surface area contributed by atoms with Crippen molar-refractivity contribution in [2.75, 3.05) is 5.32 Å². The number of aromatic nitrogens is 1. The summed E-state index contributed by atoms with van der Waals surface area (Å²) in [4.78, 5) is 4.78. The van der Waals surface area contributed by atoms with Crippen LogP contribution in [0.3, 0.4) is 0 Å². The van der Waals surface area contributed by atoms with Crippen LogP contribution in [0.5, 0.6) is 0 Å². The molecular formula is C18H18N2. The highest BCUT2D eigenvalue weighted by atomic mass is 15.0. The topological polar surface area (TPSA) is 24.9 Å². The van der Waals surface area contributed by atoms with Gasteiger partial charge in [0.15, 0.2) is 0 Å². The average Bonchev–Trinajstić information content (AvgIpc) is 2.47. The third-order valence-electron chi connectivity index (χ3n) is 3.36. The second-order valence-electron chi connectivity index (χ2n) is 5.26. The Bertz CT molecular complexity index is 718. The number of anilines is 2. The average molecular weight is 262 g/mol. The molecule has 0 saturated heterocycles. The Morgan fingerprint density at radius 1 is 0.900 bits per heavy atom. The summed E-state index contributed by atoms with van der Waals surface area (Å²) in [5.74, 6) is 1.30. The summed E-state index contributed by atoms with van der Waals surface area (Å²) in [6.45, 7) is 4.36. The van der Waals surface area contributed by atoms with E-state index < -0.39 is 0 Å². The molecule has 0 amide bonds. The first kappa shape index (κ1) is 12.7. The molecule has 1 aromatic heterocycles. The van der Waals surface area contributed by atoms with E-state index in [1.807, 2.05) is 30.3 Å². The molecule has 0 aliphatic heterocycles. The molecule has 0 unspecified atom stereocenters. The zero-order chi connectivity index (χ0) is 13.9. The van der Waals surface area contributed by atoms with Crippen LogP contribution in [-0.2, 0) is 0 Å². The third-order valence-corrected chi connectivity index (χ3v) is 3.36. The first-order valence-electron chi connectivity index (χ1n) is 6.96. The van der Waals surface area contributed by atoms with Gasteiger partial charge in [-0.15, -0.1) is 0 Å². The van der Waals surface area contributed by atoms with Gasteiger partial charge in [0.05, 0.1) is 5.69 Å². The Balaban J connectivity index is 2.08. The molecule has 0 aliphatic rings. The van der Waals surface area contributed by atoms with Crippen LogP contribution in [0.4, 0.5) is 11.5 Å². The van der Waals surface area contributed by atoms with Crippen molar-refractivity contribution < 1.29 is 0 Å². The number of pyridine rings is 1. The molecule has 0 saturated carbocycles. The van der Waals surface area contributed by atoms with E-state index in [1.165, 1.54) is 10.8 Å². The van der Waals surface area contributed by atoms with Gasteiger partial charge in [0.2, 0.25) is 0 Å². The Morgan fingerprint density at radius 3 is 2.35 bits per heavy atom. The minimum absolute atomic E-state index is 0.400. The number of para-hydroxylation sites is 1. The number of nitrogens with one attached hydrogen (secondary N) is 1. The van der Waals surface area contributed by atoms with Crippen molar-refractivity contribution in [2.24, 2.45) is 0 Å². The smallest absolute Gasteiger partial charge is 0.131 e. The summed E-state index contributed by atoms with van der Waals surface area (Å²) >= 11 is 0. The fraction of sp³-hybridized carbons (Fsp3) is 0.167. The number of hydrogen-bond donors (Lipinski definition) is 1. The Hall–Kier alpha value is -2.35. The lowest BCUT2D eigenvalue weighted by molar-refractivity contribution is 0.836. The number of rotatable bonds is 3. The van der Waals surface area contributed by atoms with E-state index in [-0.39, 0.29) is 0 Å². The molecule has 0 bridgehead atoms. The van der Waals surface area contributed by atoms with Gasteiger partial charge in [-0.3, -0.25) is 0 Å². The summed E-state index contributed by atoms with van der Waals surface area (Å²) < 4.78 is 0. The van der Waals surface area contributed by atoms with Crippen LogP contribution >= 0.6 is 0 Å². The van der Waals surface area contributed by atoms with E-state index >= 15 is 0 Å². The number of nitrogens with zero attached hydrogens (tertiary/aromatic N) is 1. The molecule has 3 aromatic rings. The van der Waals surface area contributed by atoms with Crippen molar-refractivity contribution in [2.45, 2.75) is 19.8 Å². The summed E-state index contributed by atoms with van der Waals surface area (Å²) in [5.41, 5.74) is 2.20. The van der Waals surface area contributed by atoms with Crippen LogP contribution in [0.25, 0.3) is 10.8 Å². The molecule has 3 rings (SSSR count). The van der Waals surface area contributed by atoms with E-state index in [4.69, 9.17) is 4.98 Å². The van der Waals surface area contributed by atoms with Crippen molar-refractivity contribution in [3.05, 3.63) is 66.4 Å². The number of hydrogen-bond acceptors (Lipinski definition) is 2. The van der Waals surface area contributed by atoms with E-state index in [1.54, 1.807) is 0 Å². The van der Waals surface area contributed by atoms with E-state index in [2.05, 4.69) is 49.5 Å². The fourth-order valence-electron chi connectivity index (χ4n) is 2.40. The van der Waals surface area contributed by atoms with Gasteiger partial charge in [0, 0.05) is 11.1 Å². The molecule has 1 N–H and O–H groups in total. The Kier molecular flexibility index (Phi) is 3.38. The summed E-state index contributed by atoms with van der Waals surface area (Å²) in [6, 6.07) is 20.7. The molecule has 100 valence electrons. The van der Waals surface area contributed by atoms with Crippen molar-refractivity contribution in [3.8, 4) is 0 Å². The quantitative estimate of drug-likeness (QED) is 0.710. The van der Waals surface area contributed by atoms with Gasteiger partial charge in [-0.2, -0.15) is 0 Å². The van der Waals surface area contributed by atoms with Crippen LogP contribution in [0, 0.1) is 0 Å². The maximum atomic E-state index is 4.78. The van der Waals surface area contributed by atoms with Gasteiger partial charge in [-0.25, -0.2) is 4.98 Å². The molecule has 0 atom stereocenters. The second-order valence-corrected chi connectivity index (χ2v) is 5.26. The van der Waals surface area contributed by atoms with Gasteiger partial charge < -0.3 is 5.32 Å². The molecule has 0 radical (unpaired) electrons. The number of fused-ring (bicyclic) bond motifs is 1. The lowest BCUT2D eigenvalue weighted by Gasteiger charge is -2.13. The van der Waals surface area contributed by atoms with Gasteiger partial charge >= 0.3 is 0 Å². The van der Waals surface area contributed by atoms with E-state index in [0.29, 0.717) is 5.92 Å². The molecule has 0 spiro atoms. The van der Waals surface area contributed by atoms with Crippen LogP contribution in [0.1, 0.15) is 25.5 Å². The highest BCUT2D eigenvalue weighted by Gasteiger charge is 2.09. The maximum Gasteiger partial charge on any atom is 0.131 e. The van der Waals surface area contributed by atoms with Crippen molar-refractivity contribution >= 4 is 22.3 Å². The van der Waals surface area contributed by atoms with Crippen LogP contribution in [0.2, 0.25) is 0 Å². The van der Waals surface area contributed by atoms with Gasteiger partial charge in [0.1, 0.15) is 5.82 Å². The summed E-state index contributed by atoms with van der Waals surface area (Å²) in [7, 11) is 0. The first-order valence-corrected chi connectivity index (χ1v) is 6.96. The Labute approximate surface area is 119 Å². The summed E-state index contributed by atoms with van der Waals surface area (Å²) in [5, 5.41) is 5.84. The molecular weight excluding hydrogens is 244 g/mol. The zero-order valence-electron chi connectivity index (χ0n) is 11.8. The molecule has 0 fully saturated rings. The first-order chi connectivity index (χ1) is 9.74. The van der Waals surface area contributed by atoms with Crippen molar-refractivity contribution in [3.63, 3.8) is 0 Å². The van der Waals surface area contributed by atoms with Crippen molar-refractivity contribution in [1.29, 1.82) is 0 Å². The molecule has 2 aromatic carbocycles. The van der Waals surface area contributed by atoms with Crippen LogP contribution in [0.15, 0.2) is 60.7 Å². The Morgan fingerprint density at radius 2 is 1.60 bits per heavy atom. The SMILES string of the molecule is CC(C)c1nc(Nc2ccccc2)cc2ccccc12. The minimum Gasteiger partial charge on any atom is -0.340 e. The molecule has 20 heavy (non-hydrogen) atoms. The maximum absolute atomic E-state index is 4.78. The van der Waals surface area contributed by atoms with E-state index in [9.17, 15) is 0 Å². The van der Waals surface area contributed by atoms with Crippen molar-refractivity contribution in [1.82, 2.24) is 4.98 Å². The molecule has 0 aliphatic carbocycles.